The molecule has 96 valence electrons. The molecule has 0 N–H and O–H groups in total. The second kappa shape index (κ2) is 4.76. The van der Waals surface area contributed by atoms with Gasteiger partial charge in [0, 0.05) is 23.3 Å². The van der Waals surface area contributed by atoms with Crippen molar-refractivity contribution in [2.75, 3.05) is 7.11 Å². The summed E-state index contributed by atoms with van der Waals surface area (Å²) in [5.74, 6) is -2.07. The fourth-order valence-electron chi connectivity index (χ4n) is 1.90. The molecule has 0 spiro atoms. The lowest BCUT2D eigenvalue weighted by Crippen LogP contribution is -2.10. The van der Waals surface area contributed by atoms with Crippen LogP contribution in [-0.4, -0.2) is 13.2 Å². The standard InChI is InChI=1S/C12H10ClF2NO2/c1-18-5-7-9(13)4-8(11(15)10(7)14)12(2-3-12)16-6-17/h4H,2-3,5H2,1H3. The Balaban J connectivity index is 2.55. The molecule has 6 heteroatoms. The maximum absolute atomic E-state index is 13.9. The maximum atomic E-state index is 13.9. The number of carbonyl (C=O) groups excluding carboxylic acids is 1. The molecule has 0 aromatic heterocycles. The Morgan fingerprint density at radius 1 is 1.50 bits per heavy atom. The van der Waals surface area contributed by atoms with E-state index < -0.39 is 17.2 Å². The molecular weight excluding hydrogens is 264 g/mol. The topological polar surface area (TPSA) is 38.7 Å². The molecule has 0 saturated heterocycles. The van der Waals surface area contributed by atoms with E-state index in [1.165, 1.54) is 19.3 Å². The van der Waals surface area contributed by atoms with E-state index in [0.717, 1.165) is 0 Å². The lowest BCUT2D eigenvalue weighted by Gasteiger charge is -2.14. The molecule has 0 radical (unpaired) electrons. The van der Waals surface area contributed by atoms with Crippen molar-refractivity contribution in [3.05, 3.63) is 33.9 Å². The van der Waals surface area contributed by atoms with Crippen LogP contribution in [0.15, 0.2) is 11.1 Å². The summed E-state index contributed by atoms with van der Waals surface area (Å²) in [6.45, 7) is -0.119. The highest BCUT2D eigenvalue weighted by atomic mass is 35.5. The lowest BCUT2D eigenvalue weighted by molar-refractivity contribution is 0.180. The van der Waals surface area contributed by atoms with Gasteiger partial charge in [0.15, 0.2) is 11.6 Å². The van der Waals surface area contributed by atoms with Crippen LogP contribution >= 0.6 is 11.6 Å². The van der Waals surface area contributed by atoms with Crippen LogP contribution in [0.4, 0.5) is 8.78 Å². The van der Waals surface area contributed by atoms with Crippen LogP contribution < -0.4 is 0 Å². The van der Waals surface area contributed by atoms with Gasteiger partial charge in [0.25, 0.3) is 0 Å². The number of hydrogen-bond acceptors (Lipinski definition) is 3. The van der Waals surface area contributed by atoms with Gasteiger partial charge in [-0.1, -0.05) is 11.6 Å². The highest BCUT2D eigenvalue weighted by Crippen LogP contribution is 2.51. The molecule has 0 aliphatic heterocycles. The summed E-state index contributed by atoms with van der Waals surface area (Å²) in [5.41, 5.74) is -1.01. The largest absolute Gasteiger partial charge is 0.380 e. The summed E-state index contributed by atoms with van der Waals surface area (Å²) in [5, 5.41) is 0.0677. The Morgan fingerprint density at radius 3 is 2.67 bits per heavy atom. The van der Waals surface area contributed by atoms with E-state index >= 15 is 0 Å². The van der Waals surface area contributed by atoms with Crippen LogP contribution in [0, 0.1) is 11.6 Å². The highest BCUT2D eigenvalue weighted by molar-refractivity contribution is 6.31. The van der Waals surface area contributed by atoms with Crippen molar-refractivity contribution in [3.8, 4) is 0 Å². The van der Waals surface area contributed by atoms with Crippen molar-refractivity contribution in [2.45, 2.75) is 25.0 Å². The molecule has 18 heavy (non-hydrogen) atoms. The predicted molar refractivity (Wildman–Crippen MR) is 61.1 cm³/mol. The number of rotatable bonds is 4. The maximum Gasteiger partial charge on any atom is 0.235 e. The monoisotopic (exact) mass is 273 g/mol. The van der Waals surface area contributed by atoms with Gasteiger partial charge in [-0.2, -0.15) is 4.99 Å². The fraction of sp³-hybridized carbons (Fsp3) is 0.417. The zero-order chi connectivity index (χ0) is 13.3. The Morgan fingerprint density at radius 2 is 2.17 bits per heavy atom. The Hall–Kier alpha value is -1.29. The Labute approximate surface area is 107 Å². The summed E-state index contributed by atoms with van der Waals surface area (Å²) < 4.78 is 32.5. The normalized spacial score (nSPS) is 16.2. The highest BCUT2D eigenvalue weighted by Gasteiger charge is 2.47. The van der Waals surface area contributed by atoms with Crippen LogP contribution in [-0.2, 0) is 21.7 Å². The lowest BCUT2D eigenvalue weighted by atomic mass is 10.0. The van der Waals surface area contributed by atoms with E-state index in [2.05, 4.69) is 4.99 Å². The minimum atomic E-state index is -1.05. The first-order valence-electron chi connectivity index (χ1n) is 5.30. The van der Waals surface area contributed by atoms with Gasteiger partial charge >= 0.3 is 0 Å². The fourth-order valence-corrected chi connectivity index (χ4v) is 2.14. The van der Waals surface area contributed by atoms with Crippen molar-refractivity contribution >= 4 is 17.7 Å². The van der Waals surface area contributed by atoms with Gasteiger partial charge in [-0.05, 0) is 18.9 Å². The molecule has 0 amide bonds. The zero-order valence-electron chi connectivity index (χ0n) is 9.60. The van der Waals surface area contributed by atoms with Gasteiger partial charge in [-0.3, -0.25) is 0 Å². The second-order valence-corrected chi connectivity index (χ2v) is 4.59. The third-order valence-electron chi connectivity index (χ3n) is 3.03. The van der Waals surface area contributed by atoms with E-state index in [4.69, 9.17) is 16.3 Å². The van der Waals surface area contributed by atoms with Crippen LogP contribution in [0.5, 0.6) is 0 Å². The number of aliphatic imine (C=N–C) groups is 1. The first-order chi connectivity index (χ1) is 8.55. The number of halogens is 3. The molecule has 1 aromatic rings. The average molecular weight is 274 g/mol. The van der Waals surface area contributed by atoms with E-state index in [1.807, 2.05) is 0 Å². The summed E-state index contributed by atoms with van der Waals surface area (Å²) in [6.07, 6.45) is 2.36. The van der Waals surface area contributed by atoms with Crippen molar-refractivity contribution < 1.29 is 18.3 Å². The molecule has 1 aliphatic rings. The smallest absolute Gasteiger partial charge is 0.235 e. The molecular formula is C12H10ClF2NO2. The quantitative estimate of drug-likeness (QED) is 0.480. The number of methoxy groups -OCH3 is 1. The number of benzene rings is 1. The molecule has 0 bridgehead atoms. The van der Waals surface area contributed by atoms with Gasteiger partial charge in [-0.25, -0.2) is 13.6 Å². The molecule has 1 aromatic carbocycles. The SMILES string of the molecule is COCc1c(Cl)cc(C2(N=C=O)CC2)c(F)c1F. The van der Waals surface area contributed by atoms with Crippen molar-refractivity contribution in [2.24, 2.45) is 4.99 Å². The van der Waals surface area contributed by atoms with Crippen molar-refractivity contribution in [1.82, 2.24) is 0 Å². The number of nitrogens with zero attached hydrogens (tertiary/aromatic N) is 1. The van der Waals surface area contributed by atoms with Gasteiger partial charge in [0.05, 0.1) is 6.61 Å². The van der Waals surface area contributed by atoms with Crippen molar-refractivity contribution in [3.63, 3.8) is 0 Å². The van der Waals surface area contributed by atoms with E-state index in [-0.39, 0.29) is 22.8 Å². The Bertz CT molecular complexity index is 537. The summed E-state index contributed by atoms with van der Waals surface area (Å²) in [7, 11) is 1.36. The van der Waals surface area contributed by atoms with Gasteiger partial charge in [-0.15, -0.1) is 0 Å². The summed E-state index contributed by atoms with van der Waals surface area (Å²) in [6, 6.07) is 1.31. The van der Waals surface area contributed by atoms with Gasteiger partial charge < -0.3 is 4.74 Å². The number of isocyanates is 1. The summed E-state index contributed by atoms with van der Waals surface area (Å²) in [4.78, 5) is 13.9. The molecule has 3 nitrogen and oxygen atoms in total. The molecule has 1 fully saturated rings. The number of hydrogen-bond donors (Lipinski definition) is 0. The minimum absolute atomic E-state index is 0.00760. The predicted octanol–water partition coefficient (Wildman–Crippen LogP) is 3.09. The van der Waals surface area contributed by atoms with Gasteiger partial charge in [0.2, 0.25) is 6.08 Å². The molecule has 2 rings (SSSR count). The molecule has 0 heterocycles. The zero-order valence-corrected chi connectivity index (χ0v) is 10.4. The molecule has 0 atom stereocenters. The van der Waals surface area contributed by atoms with Crippen LogP contribution in [0.1, 0.15) is 24.0 Å². The van der Waals surface area contributed by atoms with Crippen LogP contribution in [0.2, 0.25) is 5.02 Å². The molecule has 1 saturated carbocycles. The first kappa shape index (κ1) is 13.1. The minimum Gasteiger partial charge on any atom is -0.380 e. The Kier molecular flexibility index (Phi) is 3.48. The van der Waals surface area contributed by atoms with E-state index in [1.54, 1.807) is 0 Å². The molecule has 1 aliphatic carbocycles. The van der Waals surface area contributed by atoms with E-state index in [0.29, 0.717) is 12.8 Å². The van der Waals surface area contributed by atoms with E-state index in [9.17, 15) is 13.6 Å². The third-order valence-corrected chi connectivity index (χ3v) is 3.36. The summed E-state index contributed by atoms with van der Waals surface area (Å²) >= 11 is 5.89. The third kappa shape index (κ3) is 2.05. The number of ether oxygens (including phenoxy) is 1. The van der Waals surface area contributed by atoms with Crippen LogP contribution in [0.3, 0.4) is 0 Å². The first-order valence-corrected chi connectivity index (χ1v) is 5.68. The van der Waals surface area contributed by atoms with Gasteiger partial charge in [0.1, 0.15) is 5.54 Å². The molecule has 0 unspecified atom stereocenters. The van der Waals surface area contributed by atoms with Crippen LogP contribution in [0.25, 0.3) is 0 Å². The average Bonchev–Trinajstić information content (AvgIpc) is 3.10. The van der Waals surface area contributed by atoms with Crippen molar-refractivity contribution in [1.29, 1.82) is 0 Å². The second-order valence-electron chi connectivity index (χ2n) is 4.18.